The Morgan fingerprint density at radius 1 is 0.950 bits per heavy atom. The van der Waals surface area contributed by atoms with E-state index in [4.69, 9.17) is 23.2 Å². The number of nitrogens with zero attached hydrogens (tertiary/aromatic N) is 3. The molecule has 2 aromatic carbocycles. The highest BCUT2D eigenvalue weighted by Crippen LogP contribution is 2.30. The van der Waals surface area contributed by atoms with E-state index in [1.807, 2.05) is 0 Å². The lowest BCUT2D eigenvalue weighted by molar-refractivity contribution is -0.133. The van der Waals surface area contributed by atoms with Crippen LogP contribution in [0, 0.1) is 11.7 Å². The minimum Gasteiger partial charge on any atom is -0.343 e. The summed E-state index contributed by atoms with van der Waals surface area (Å²) in [6.07, 6.45) is 2.94. The summed E-state index contributed by atoms with van der Waals surface area (Å²) in [6.45, 7) is 5.15. The summed E-state index contributed by atoms with van der Waals surface area (Å²) >= 11 is 12.4. The quantitative estimate of drug-likeness (QED) is 0.360. The smallest absolute Gasteiger partial charge is 0.230 e. The summed E-state index contributed by atoms with van der Waals surface area (Å²) in [5.41, 5.74) is 0.687. The van der Waals surface area contributed by atoms with Gasteiger partial charge in [-0.3, -0.25) is 9.59 Å². The molecule has 2 amide bonds. The molecule has 0 bridgehead atoms. The Labute approximate surface area is 251 Å². The molecule has 0 radical (unpaired) electrons. The maximum atomic E-state index is 13.6. The lowest BCUT2D eigenvalue weighted by Gasteiger charge is -2.35. The molecule has 2 aromatic rings. The number of piperidine rings is 2. The van der Waals surface area contributed by atoms with Crippen LogP contribution in [0.5, 0.6) is 0 Å². The molecule has 220 valence electrons. The number of amides is 2. The van der Waals surface area contributed by atoms with Gasteiger partial charge in [0.25, 0.3) is 0 Å². The zero-order chi connectivity index (χ0) is 28.2. The van der Waals surface area contributed by atoms with Crippen molar-refractivity contribution in [2.75, 3.05) is 44.2 Å². The van der Waals surface area contributed by atoms with Crippen molar-refractivity contribution in [2.24, 2.45) is 5.92 Å². The molecule has 0 spiro atoms. The Balaban J connectivity index is 0.00000441. The molecule has 0 aromatic heterocycles. The van der Waals surface area contributed by atoms with Crippen LogP contribution in [0.25, 0.3) is 0 Å². The maximum absolute atomic E-state index is 13.6. The van der Waals surface area contributed by atoms with E-state index in [-0.39, 0.29) is 35.0 Å². The van der Waals surface area contributed by atoms with E-state index >= 15 is 0 Å². The van der Waals surface area contributed by atoms with E-state index in [0.29, 0.717) is 80.6 Å². The first-order valence-corrected chi connectivity index (χ1v) is 15.6. The van der Waals surface area contributed by atoms with Crippen LogP contribution in [0.2, 0.25) is 10.0 Å². The molecule has 0 aliphatic carbocycles. The number of hydrogen-bond donors (Lipinski definition) is 0. The first-order valence-electron chi connectivity index (χ1n) is 13.3. The van der Waals surface area contributed by atoms with Crippen LogP contribution in [0.15, 0.2) is 47.4 Å². The predicted octanol–water partition coefficient (Wildman–Crippen LogP) is 5.47. The Morgan fingerprint density at radius 2 is 1.57 bits per heavy atom. The summed E-state index contributed by atoms with van der Waals surface area (Å²) in [5, 5.41) is 0.304. The predicted molar refractivity (Wildman–Crippen MR) is 159 cm³/mol. The molecular formula is C28H35Cl3FN3O4S. The van der Waals surface area contributed by atoms with Crippen molar-refractivity contribution in [1.29, 1.82) is 0 Å². The van der Waals surface area contributed by atoms with Gasteiger partial charge >= 0.3 is 0 Å². The third-order valence-corrected chi connectivity index (χ3v) is 10.8. The Bertz CT molecular complexity index is 1280. The van der Waals surface area contributed by atoms with Crippen LogP contribution in [-0.4, -0.2) is 74.6 Å². The molecule has 2 heterocycles. The molecule has 0 unspecified atom stereocenters. The highest BCUT2D eigenvalue weighted by molar-refractivity contribution is 7.92. The van der Waals surface area contributed by atoms with Gasteiger partial charge in [-0.05, 0) is 94.2 Å². The molecule has 2 fully saturated rings. The Morgan fingerprint density at radius 3 is 2.15 bits per heavy atom. The number of sulfone groups is 1. The van der Waals surface area contributed by atoms with E-state index in [2.05, 4.69) is 4.90 Å². The fraction of sp³-hybridized carbons (Fsp3) is 0.500. The fourth-order valence-corrected chi connectivity index (χ4v) is 7.42. The van der Waals surface area contributed by atoms with Crippen LogP contribution in [0.3, 0.4) is 0 Å². The first kappa shape index (κ1) is 32.6. The summed E-state index contributed by atoms with van der Waals surface area (Å²) in [7, 11) is -3.51. The second-order valence-corrected chi connectivity index (χ2v) is 13.3. The zero-order valence-corrected chi connectivity index (χ0v) is 25.5. The fourth-order valence-electron chi connectivity index (χ4n) is 5.39. The largest absolute Gasteiger partial charge is 0.343 e. The molecule has 0 saturated carbocycles. The number of likely N-dealkylation sites (tertiary alicyclic amines) is 2. The molecule has 2 aliphatic heterocycles. The van der Waals surface area contributed by atoms with Gasteiger partial charge in [0.15, 0.2) is 9.84 Å². The topological polar surface area (TPSA) is 78.0 Å². The molecule has 0 atom stereocenters. The van der Waals surface area contributed by atoms with Gasteiger partial charge in [-0.15, -0.1) is 12.4 Å². The lowest BCUT2D eigenvalue weighted by atomic mass is 9.94. The van der Waals surface area contributed by atoms with Crippen LogP contribution in [-0.2, 0) is 19.4 Å². The highest BCUT2D eigenvalue weighted by atomic mass is 35.5. The van der Waals surface area contributed by atoms with Gasteiger partial charge in [-0.25, -0.2) is 12.8 Å². The van der Waals surface area contributed by atoms with Gasteiger partial charge in [-0.1, -0.05) is 23.2 Å². The molecule has 2 saturated heterocycles. The standard InChI is InChI=1S/C28H34Cl2FN3O4S.ClH/c1-20(35)33-17-9-21(10-18-33)28(36)34(23-5-8-26(29)27(30)19-23)14-2-13-32-15-11-25(12-16-32)39(37,38)24-6-3-22(31)4-7-24;/h3-8,19,21,25H,2,9-18H2,1H3;1H. The van der Waals surface area contributed by atoms with Crippen molar-refractivity contribution >= 4 is 62.9 Å². The van der Waals surface area contributed by atoms with E-state index < -0.39 is 20.9 Å². The van der Waals surface area contributed by atoms with Gasteiger partial charge in [0.2, 0.25) is 11.8 Å². The van der Waals surface area contributed by atoms with Gasteiger partial charge in [0.1, 0.15) is 5.82 Å². The highest BCUT2D eigenvalue weighted by Gasteiger charge is 2.32. The van der Waals surface area contributed by atoms with E-state index in [1.165, 1.54) is 24.3 Å². The number of carbonyl (C=O) groups excluding carboxylic acids is 2. The van der Waals surface area contributed by atoms with Gasteiger partial charge < -0.3 is 14.7 Å². The van der Waals surface area contributed by atoms with E-state index in [0.717, 1.165) is 6.54 Å². The molecule has 2 aliphatic rings. The van der Waals surface area contributed by atoms with Crippen molar-refractivity contribution in [2.45, 2.75) is 49.2 Å². The van der Waals surface area contributed by atoms with E-state index in [9.17, 15) is 22.4 Å². The summed E-state index contributed by atoms with van der Waals surface area (Å²) < 4.78 is 39.2. The zero-order valence-electron chi connectivity index (χ0n) is 22.4. The third-order valence-electron chi connectivity index (χ3n) is 7.74. The third kappa shape index (κ3) is 7.88. The van der Waals surface area contributed by atoms with Crippen molar-refractivity contribution < 1.29 is 22.4 Å². The van der Waals surface area contributed by atoms with Crippen LogP contribution >= 0.6 is 35.6 Å². The normalized spacial score (nSPS) is 17.4. The average molecular weight is 635 g/mol. The second-order valence-electron chi connectivity index (χ2n) is 10.3. The molecule has 0 N–H and O–H groups in total. The molecule has 7 nitrogen and oxygen atoms in total. The molecule has 12 heteroatoms. The lowest BCUT2D eigenvalue weighted by Crippen LogP contribution is -2.45. The SMILES string of the molecule is CC(=O)N1CCC(C(=O)N(CCCN2CCC(S(=O)(=O)c3ccc(F)cc3)CC2)c2ccc(Cl)c(Cl)c2)CC1.Cl. The second kappa shape index (κ2) is 14.3. The summed E-state index contributed by atoms with van der Waals surface area (Å²) in [5.74, 6) is -0.599. The minimum atomic E-state index is -3.51. The van der Waals surface area contributed by atoms with Crippen LogP contribution < -0.4 is 4.90 Å². The summed E-state index contributed by atoms with van der Waals surface area (Å²) in [6, 6.07) is 10.2. The van der Waals surface area contributed by atoms with Gasteiger partial charge in [0.05, 0.1) is 20.2 Å². The van der Waals surface area contributed by atoms with Crippen LogP contribution in [0.1, 0.15) is 39.0 Å². The van der Waals surface area contributed by atoms with Crippen molar-refractivity contribution in [3.05, 3.63) is 58.3 Å². The number of benzene rings is 2. The average Bonchev–Trinajstić information content (AvgIpc) is 2.93. The number of carbonyl (C=O) groups is 2. The van der Waals surface area contributed by atoms with Gasteiger partial charge in [0, 0.05) is 38.2 Å². The van der Waals surface area contributed by atoms with Crippen molar-refractivity contribution in [1.82, 2.24) is 9.80 Å². The molecule has 40 heavy (non-hydrogen) atoms. The maximum Gasteiger partial charge on any atom is 0.230 e. The molecular weight excluding hydrogens is 600 g/mol. The van der Waals surface area contributed by atoms with Crippen molar-refractivity contribution in [3.8, 4) is 0 Å². The Hall–Kier alpha value is -1.91. The minimum absolute atomic E-state index is 0. The first-order chi connectivity index (χ1) is 18.6. The van der Waals surface area contributed by atoms with Gasteiger partial charge in [-0.2, -0.15) is 0 Å². The number of halogens is 4. The van der Waals surface area contributed by atoms with Crippen molar-refractivity contribution in [3.63, 3.8) is 0 Å². The van der Waals surface area contributed by atoms with E-state index in [1.54, 1.807) is 34.9 Å². The number of rotatable bonds is 8. The number of hydrogen-bond acceptors (Lipinski definition) is 5. The Kier molecular flexibility index (Phi) is 11.7. The monoisotopic (exact) mass is 633 g/mol. The number of anilines is 1. The molecule has 4 rings (SSSR count). The van der Waals surface area contributed by atoms with Crippen LogP contribution in [0.4, 0.5) is 10.1 Å². The summed E-state index contributed by atoms with van der Waals surface area (Å²) in [4.78, 5) is 31.2.